The third-order valence-corrected chi connectivity index (χ3v) is 3.93. The molecule has 0 radical (unpaired) electrons. The molecule has 0 aromatic carbocycles. The van der Waals surface area contributed by atoms with Gasteiger partial charge >= 0.3 is 0 Å². The molecule has 1 fully saturated rings. The third-order valence-electron chi connectivity index (χ3n) is 3.93. The lowest BCUT2D eigenvalue weighted by Gasteiger charge is -2.33. The van der Waals surface area contributed by atoms with Gasteiger partial charge in [0.15, 0.2) is 0 Å². The summed E-state index contributed by atoms with van der Waals surface area (Å²) < 4.78 is 0. The molecule has 0 aliphatic heterocycles. The van der Waals surface area contributed by atoms with Crippen molar-refractivity contribution >= 4 is 0 Å². The van der Waals surface area contributed by atoms with Gasteiger partial charge in [-0.1, -0.05) is 19.3 Å². The fraction of sp³-hybridized carbons (Fsp3) is 1.00. The van der Waals surface area contributed by atoms with Crippen LogP contribution in [0.4, 0.5) is 0 Å². The smallest absolute Gasteiger partial charge is 0.0271 e. The Morgan fingerprint density at radius 2 is 1.73 bits per heavy atom. The summed E-state index contributed by atoms with van der Waals surface area (Å²) in [6.07, 6.45) is 7.23. The van der Waals surface area contributed by atoms with Crippen LogP contribution in [0.1, 0.15) is 46.0 Å². The van der Waals surface area contributed by atoms with Crippen molar-refractivity contribution in [3.63, 3.8) is 0 Å². The predicted octanol–water partition coefficient (Wildman–Crippen LogP) is 2.50. The van der Waals surface area contributed by atoms with Gasteiger partial charge < -0.3 is 10.2 Å². The Hall–Kier alpha value is -0.0800. The van der Waals surface area contributed by atoms with Gasteiger partial charge in [-0.05, 0) is 53.2 Å². The zero-order valence-electron chi connectivity index (χ0n) is 11.0. The number of nitrogens with zero attached hydrogens (tertiary/aromatic N) is 1. The second-order valence-corrected chi connectivity index (χ2v) is 5.84. The van der Waals surface area contributed by atoms with Crippen molar-refractivity contribution in [3.8, 4) is 0 Å². The Labute approximate surface area is 95.4 Å². The summed E-state index contributed by atoms with van der Waals surface area (Å²) in [4.78, 5) is 2.29. The quantitative estimate of drug-likeness (QED) is 0.753. The van der Waals surface area contributed by atoms with Crippen LogP contribution in [-0.4, -0.2) is 37.6 Å². The average molecular weight is 212 g/mol. The van der Waals surface area contributed by atoms with Crippen molar-refractivity contribution < 1.29 is 0 Å². The minimum Gasteiger partial charge on any atom is -0.315 e. The van der Waals surface area contributed by atoms with Gasteiger partial charge in [-0.15, -0.1) is 0 Å². The monoisotopic (exact) mass is 212 g/mol. The van der Waals surface area contributed by atoms with Crippen LogP contribution in [0.3, 0.4) is 0 Å². The van der Waals surface area contributed by atoms with Crippen LogP contribution in [0.25, 0.3) is 0 Å². The van der Waals surface area contributed by atoms with E-state index < -0.39 is 0 Å². The van der Waals surface area contributed by atoms with Crippen molar-refractivity contribution in [2.24, 2.45) is 5.92 Å². The van der Waals surface area contributed by atoms with Gasteiger partial charge in [-0.25, -0.2) is 0 Å². The summed E-state index contributed by atoms with van der Waals surface area (Å²) in [6, 6.07) is 0. The van der Waals surface area contributed by atoms with Crippen LogP contribution < -0.4 is 5.32 Å². The highest BCUT2D eigenvalue weighted by molar-refractivity contribution is 4.80. The summed E-state index contributed by atoms with van der Waals surface area (Å²) in [7, 11) is 4.31. The van der Waals surface area contributed by atoms with Crippen molar-refractivity contribution in [2.75, 3.05) is 27.2 Å². The minimum absolute atomic E-state index is 0.272. The summed E-state index contributed by atoms with van der Waals surface area (Å²) in [5.74, 6) is 0.941. The molecule has 0 aromatic rings. The predicted molar refractivity (Wildman–Crippen MR) is 67.2 cm³/mol. The Morgan fingerprint density at radius 3 is 2.27 bits per heavy atom. The standard InChI is InChI=1S/C13H28N2/c1-13(2,15(3)4)11-14-10-12-8-6-5-7-9-12/h12,14H,5-11H2,1-4H3. The lowest BCUT2D eigenvalue weighted by atomic mass is 9.89. The summed E-state index contributed by atoms with van der Waals surface area (Å²) in [6.45, 7) is 6.90. The maximum atomic E-state index is 3.64. The molecule has 0 amide bonds. The molecule has 1 aliphatic carbocycles. The summed E-state index contributed by atoms with van der Waals surface area (Å²) in [5.41, 5.74) is 0.272. The maximum absolute atomic E-state index is 3.64. The van der Waals surface area contributed by atoms with E-state index in [9.17, 15) is 0 Å². The van der Waals surface area contributed by atoms with Crippen molar-refractivity contribution in [2.45, 2.75) is 51.5 Å². The summed E-state index contributed by atoms with van der Waals surface area (Å²) >= 11 is 0. The fourth-order valence-corrected chi connectivity index (χ4v) is 2.13. The first-order valence-corrected chi connectivity index (χ1v) is 6.40. The molecule has 0 heterocycles. The van der Waals surface area contributed by atoms with E-state index in [-0.39, 0.29) is 5.54 Å². The van der Waals surface area contributed by atoms with Crippen molar-refractivity contribution in [3.05, 3.63) is 0 Å². The highest BCUT2D eigenvalue weighted by atomic mass is 15.2. The van der Waals surface area contributed by atoms with Crippen LogP contribution in [-0.2, 0) is 0 Å². The van der Waals surface area contributed by atoms with E-state index in [0.29, 0.717) is 0 Å². The van der Waals surface area contributed by atoms with E-state index >= 15 is 0 Å². The molecular formula is C13H28N2. The van der Waals surface area contributed by atoms with Gasteiger partial charge in [-0.3, -0.25) is 0 Å². The Morgan fingerprint density at radius 1 is 1.13 bits per heavy atom. The van der Waals surface area contributed by atoms with E-state index in [0.717, 1.165) is 12.5 Å². The number of likely N-dealkylation sites (N-methyl/N-ethyl adjacent to an activating group) is 1. The van der Waals surface area contributed by atoms with Gasteiger partial charge in [-0.2, -0.15) is 0 Å². The van der Waals surface area contributed by atoms with Crippen LogP contribution in [0, 0.1) is 5.92 Å². The van der Waals surface area contributed by atoms with E-state index in [4.69, 9.17) is 0 Å². The zero-order chi connectivity index (χ0) is 11.3. The van der Waals surface area contributed by atoms with Crippen LogP contribution >= 0.6 is 0 Å². The Bertz CT molecular complexity index is 169. The van der Waals surface area contributed by atoms with Gasteiger partial charge in [0.1, 0.15) is 0 Å². The molecule has 1 rings (SSSR count). The van der Waals surface area contributed by atoms with E-state index in [2.05, 4.69) is 38.2 Å². The Kier molecular flexibility index (Phi) is 5.07. The SMILES string of the molecule is CN(C)C(C)(C)CNCC1CCCCC1. The molecule has 15 heavy (non-hydrogen) atoms. The molecule has 0 saturated heterocycles. The maximum Gasteiger partial charge on any atom is 0.0271 e. The van der Waals surface area contributed by atoms with E-state index in [1.165, 1.54) is 38.6 Å². The van der Waals surface area contributed by atoms with E-state index in [1.54, 1.807) is 0 Å². The Balaban J connectivity index is 2.14. The van der Waals surface area contributed by atoms with Crippen molar-refractivity contribution in [1.29, 1.82) is 0 Å². The first-order valence-electron chi connectivity index (χ1n) is 6.40. The molecule has 1 aliphatic rings. The van der Waals surface area contributed by atoms with Crippen LogP contribution in [0.2, 0.25) is 0 Å². The van der Waals surface area contributed by atoms with Crippen molar-refractivity contribution in [1.82, 2.24) is 10.2 Å². The largest absolute Gasteiger partial charge is 0.315 e. The lowest BCUT2D eigenvalue weighted by Crippen LogP contribution is -2.47. The lowest BCUT2D eigenvalue weighted by molar-refractivity contribution is 0.185. The van der Waals surface area contributed by atoms with Gasteiger partial charge in [0.2, 0.25) is 0 Å². The number of rotatable bonds is 5. The normalized spacial score (nSPS) is 19.8. The highest BCUT2D eigenvalue weighted by Crippen LogP contribution is 2.22. The third kappa shape index (κ3) is 4.52. The molecule has 2 heteroatoms. The van der Waals surface area contributed by atoms with Crippen LogP contribution in [0.15, 0.2) is 0 Å². The second kappa shape index (κ2) is 5.86. The molecule has 0 aromatic heterocycles. The molecule has 0 unspecified atom stereocenters. The molecule has 90 valence electrons. The molecular weight excluding hydrogens is 184 g/mol. The van der Waals surface area contributed by atoms with Crippen LogP contribution in [0.5, 0.6) is 0 Å². The van der Waals surface area contributed by atoms with E-state index in [1.807, 2.05) is 0 Å². The first kappa shape index (κ1) is 13.0. The fourth-order valence-electron chi connectivity index (χ4n) is 2.13. The zero-order valence-corrected chi connectivity index (χ0v) is 11.0. The number of hydrogen-bond donors (Lipinski definition) is 1. The summed E-state index contributed by atoms with van der Waals surface area (Å²) in [5, 5.41) is 3.64. The second-order valence-electron chi connectivity index (χ2n) is 5.84. The highest BCUT2D eigenvalue weighted by Gasteiger charge is 2.20. The average Bonchev–Trinajstić information content (AvgIpc) is 2.19. The molecule has 0 spiro atoms. The van der Waals surface area contributed by atoms with Gasteiger partial charge in [0, 0.05) is 12.1 Å². The van der Waals surface area contributed by atoms with Gasteiger partial charge in [0.25, 0.3) is 0 Å². The first-order chi connectivity index (χ1) is 7.02. The number of hydrogen-bond acceptors (Lipinski definition) is 2. The van der Waals surface area contributed by atoms with Gasteiger partial charge in [0.05, 0.1) is 0 Å². The molecule has 0 atom stereocenters. The molecule has 1 N–H and O–H groups in total. The molecule has 0 bridgehead atoms. The minimum atomic E-state index is 0.272. The molecule has 2 nitrogen and oxygen atoms in total. The molecule has 1 saturated carbocycles. The number of nitrogens with one attached hydrogen (secondary N) is 1. The topological polar surface area (TPSA) is 15.3 Å².